The van der Waals surface area contributed by atoms with Gasteiger partial charge in [-0.05, 0) is 42.2 Å². The van der Waals surface area contributed by atoms with Crippen LogP contribution in [0.2, 0.25) is 0 Å². The molecule has 0 aromatic heterocycles. The summed E-state index contributed by atoms with van der Waals surface area (Å²) in [5.41, 5.74) is 8.94. The van der Waals surface area contributed by atoms with Crippen LogP contribution in [0.25, 0.3) is 0 Å². The molecule has 0 saturated heterocycles. The van der Waals surface area contributed by atoms with Crippen molar-refractivity contribution in [2.45, 2.75) is 32.8 Å². The van der Waals surface area contributed by atoms with Crippen molar-refractivity contribution in [1.29, 1.82) is 0 Å². The third-order valence-corrected chi connectivity index (χ3v) is 3.60. The highest BCUT2D eigenvalue weighted by Gasteiger charge is 2.00. The van der Waals surface area contributed by atoms with Gasteiger partial charge in [-0.1, -0.05) is 55.9 Å². The molecule has 0 amide bonds. The van der Waals surface area contributed by atoms with Crippen LogP contribution in [0.5, 0.6) is 5.75 Å². The topological polar surface area (TPSA) is 35.2 Å². The Morgan fingerprint density at radius 2 is 1.86 bits per heavy atom. The smallest absolute Gasteiger partial charge is 0.119 e. The summed E-state index contributed by atoms with van der Waals surface area (Å²) in [5, 5.41) is 0. The predicted molar refractivity (Wildman–Crippen MR) is 91.7 cm³/mol. The van der Waals surface area contributed by atoms with Gasteiger partial charge in [0.25, 0.3) is 0 Å². The van der Waals surface area contributed by atoms with Gasteiger partial charge in [0.05, 0.1) is 0 Å². The highest BCUT2D eigenvalue weighted by Crippen LogP contribution is 2.16. The molecule has 21 heavy (non-hydrogen) atoms. The number of hydrogen-bond acceptors (Lipinski definition) is 2. The van der Waals surface area contributed by atoms with Gasteiger partial charge >= 0.3 is 0 Å². The summed E-state index contributed by atoms with van der Waals surface area (Å²) in [6.45, 7) is 2.73. The minimum absolute atomic E-state index is 0.414. The van der Waals surface area contributed by atoms with Crippen molar-refractivity contribution in [1.82, 2.24) is 0 Å². The van der Waals surface area contributed by atoms with E-state index in [9.17, 15) is 0 Å². The first-order valence-electron chi connectivity index (χ1n) is 7.29. The normalized spacial score (nSPS) is 10.3. The summed E-state index contributed by atoms with van der Waals surface area (Å²) in [6.07, 6.45) is 3.58. The average Bonchev–Trinajstić information content (AvgIpc) is 2.52. The second-order valence-corrected chi connectivity index (χ2v) is 5.54. The highest BCUT2D eigenvalue weighted by atomic mass is 32.1. The molecule has 0 unspecified atom stereocenters. The van der Waals surface area contributed by atoms with Crippen LogP contribution in [0.3, 0.4) is 0 Å². The first kappa shape index (κ1) is 15.5. The lowest BCUT2D eigenvalue weighted by molar-refractivity contribution is 0.306. The van der Waals surface area contributed by atoms with E-state index in [0.29, 0.717) is 11.6 Å². The molecule has 0 heterocycles. The first-order chi connectivity index (χ1) is 10.2. The fourth-order valence-electron chi connectivity index (χ4n) is 2.11. The molecule has 3 heteroatoms. The number of thiocarbonyl (C=S) groups is 1. The zero-order chi connectivity index (χ0) is 15.1. The van der Waals surface area contributed by atoms with Gasteiger partial charge in [-0.15, -0.1) is 0 Å². The Morgan fingerprint density at radius 1 is 1.10 bits per heavy atom. The van der Waals surface area contributed by atoms with Gasteiger partial charge in [-0.2, -0.15) is 0 Å². The van der Waals surface area contributed by atoms with Gasteiger partial charge in [0.2, 0.25) is 0 Å². The molecule has 0 radical (unpaired) electrons. The van der Waals surface area contributed by atoms with Crippen molar-refractivity contribution in [2.24, 2.45) is 5.73 Å². The van der Waals surface area contributed by atoms with Crippen LogP contribution in [0, 0.1) is 0 Å². The minimum Gasteiger partial charge on any atom is -0.489 e. The molecule has 0 atom stereocenters. The molecule has 2 nitrogen and oxygen atoms in total. The van der Waals surface area contributed by atoms with E-state index in [1.54, 1.807) is 0 Å². The quantitative estimate of drug-likeness (QED) is 0.777. The van der Waals surface area contributed by atoms with Crippen LogP contribution < -0.4 is 10.5 Å². The van der Waals surface area contributed by atoms with E-state index in [2.05, 4.69) is 19.1 Å². The monoisotopic (exact) mass is 299 g/mol. The van der Waals surface area contributed by atoms with Crippen molar-refractivity contribution < 1.29 is 4.74 Å². The maximum atomic E-state index is 5.80. The molecule has 0 saturated carbocycles. The molecule has 0 aliphatic heterocycles. The lowest BCUT2D eigenvalue weighted by atomic mass is 10.1. The third kappa shape index (κ3) is 4.87. The molecule has 0 aliphatic rings. The van der Waals surface area contributed by atoms with Gasteiger partial charge in [0.1, 0.15) is 17.3 Å². The molecular weight excluding hydrogens is 278 g/mol. The van der Waals surface area contributed by atoms with Crippen LogP contribution in [0.1, 0.15) is 36.5 Å². The fourth-order valence-corrected chi connectivity index (χ4v) is 2.24. The standard InChI is InChI=1S/C18H21NOS/c1-2-3-5-14-8-10-17(11-9-14)20-13-15-6-4-7-16(12-15)18(19)21/h4,6-12H,2-3,5,13H2,1H3,(H2,19,21). The van der Waals surface area contributed by atoms with Crippen LogP contribution in [-0.4, -0.2) is 4.99 Å². The number of unbranched alkanes of at least 4 members (excludes halogenated alkanes) is 1. The second-order valence-electron chi connectivity index (χ2n) is 5.10. The van der Waals surface area contributed by atoms with E-state index in [4.69, 9.17) is 22.7 Å². The average molecular weight is 299 g/mol. The Kier molecular flexibility index (Phi) is 5.76. The van der Waals surface area contributed by atoms with Crippen LogP contribution in [-0.2, 0) is 13.0 Å². The van der Waals surface area contributed by atoms with E-state index >= 15 is 0 Å². The first-order valence-corrected chi connectivity index (χ1v) is 7.70. The van der Waals surface area contributed by atoms with Crippen molar-refractivity contribution in [3.05, 3.63) is 65.2 Å². The van der Waals surface area contributed by atoms with Crippen molar-refractivity contribution >= 4 is 17.2 Å². The molecule has 2 rings (SSSR count). The summed E-state index contributed by atoms with van der Waals surface area (Å²) in [6, 6.07) is 16.2. The number of ether oxygens (including phenoxy) is 1. The Bertz CT molecular complexity index is 592. The van der Waals surface area contributed by atoms with E-state index in [1.165, 1.54) is 18.4 Å². The van der Waals surface area contributed by atoms with Gasteiger partial charge in [0, 0.05) is 5.56 Å². The molecule has 0 fully saturated rings. The maximum absolute atomic E-state index is 5.80. The fraction of sp³-hybridized carbons (Fsp3) is 0.278. The van der Waals surface area contributed by atoms with Gasteiger partial charge in [-0.25, -0.2) is 0 Å². The molecule has 0 bridgehead atoms. The summed E-state index contributed by atoms with van der Waals surface area (Å²) in [5.74, 6) is 0.885. The second kappa shape index (κ2) is 7.79. The van der Waals surface area contributed by atoms with Crippen LogP contribution in [0.4, 0.5) is 0 Å². The molecule has 110 valence electrons. The molecule has 2 aromatic carbocycles. The number of rotatable bonds is 7. The zero-order valence-corrected chi connectivity index (χ0v) is 13.2. The molecule has 2 N–H and O–H groups in total. The molecule has 2 aromatic rings. The Labute approximate surface area is 131 Å². The summed E-state index contributed by atoms with van der Waals surface area (Å²) in [7, 11) is 0. The zero-order valence-electron chi connectivity index (χ0n) is 12.3. The minimum atomic E-state index is 0.414. The van der Waals surface area contributed by atoms with Crippen LogP contribution >= 0.6 is 12.2 Å². The molecule has 0 aliphatic carbocycles. The summed E-state index contributed by atoms with van der Waals surface area (Å²) >= 11 is 4.99. The number of aryl methyl sites for hydroxylation is 1. The lowest BCUT2D eigenvalue weighted by Gasteiger charge is -2.08. The third-order valence-electron chi connectivity index (χ3n) is 3.36. The summed E-state index contributed by atoms with van der Waals surface area (Å²) in [4.78, 5) is 0.414. The van der Waals surface area contributed by atoms with E-state index in [0.717, 1.165) is 23.3 Å². The highest BCUT2D eigenvalue weighted by molar-refractivity contribution is 7.80. The van der Waals surface area contributed by atoms with Crippen molar-refractivity contribution in [2.75, 3.05) is 0 Å². The van der Waals surface area contributed by atoms with E-state index < -0.39 is 0 Å². The Morgan fingerprint density at radius 3 is 2.52 bits per heavy atom. The van der Waals surface area contributed by atoms with E-state index in [1.807, 2.05) is 36.4 Å². The number of benzene rings is 2. The van der Waals surface area contributed by atoms with Gasteiger partial charge < -0.3 is 10.5 Å². The van der Waals surface area contributed by atoms with E-state index in [-0.39, 0.29) is 0 Å². The van der Waals surface area contributed by atoms with Crippen LogP contribution in [0.15, 0.2) is 48.5 Å². The van der Waals surface area contributed by atoms with Gasteiger partial charge in [-0.3, -0.25) is 0 Å². The lowest BCUT2D eigenvalue weighted by Crippen LogP contribution is -2.09. The largest absolute Gasteiger partial charge is 0.489 e. The maximum Gasteiger partial charge on any atom is 0.119 e. The molecular formula is C18H21NOS. The number of hydrogen-bond donors (Lipinski definition) is 1. The Balaban J connectivity index is 1.93. The predicted octanol–water partition coefficient (Wildman–Crippen LogP) is 4.24. The van der Waals surface area contributed by atoms with Gasteiger partial charge in [0.15, 0.2) is 0 Å². The summed E-state index contributed by atoms with van der Waals surface area (Å²) < 4.78 is 5.80. The SMILES string of the molecule is CCCCc1ccc(OCc2cccc(C(N)=S)c2)cc1. The molecule has 0 spiro atoms. The number of nitrogens with two attached hydrogens (primary N) is 1. The van der Waals surface area contributed by atoms with Crippen molar-refractivity contribution in [3.63, 3.8) is 0 Å². The van der Waals surface area contributed by atoms with Crippen molar-refractivity contribution in [3.8, 4) is 5.75 Å². The Hall–Kier alpha value is -1.87.